The second-order valence-corrected chi connectivity index (χ2v) is 7.17. The number of hydrogen-bond donors (Lipinski definition) is 1. The van der Waals surface area contributed by atoms with Crippen molar-refractivity contribution in [1.29, 1.82) is 0 Å². The number of benzene rings is 1. The van der Waals surface area contributed by atoms with Crippen LogP contribution in [0.15, 0.2) is 29.2 Å². The molecule has 2 unspecified atom stereocenters. The van der Waals surface area contributed by atoms with Crippen LogP contribution in [-0.4, -0.2) is 32.4 Å². The molecule has 1 N–H and O–H groups in total. The van der Waals surface area contributed by atoms with Gasteiger partial charge in [0.15, 0.2) is 9.84 Å². The van der Waals surface area contributed by atoms with Crippen LogP contribution in [0.3, 0.4) is 0 Å². The van der Waals surface area contributed by atoms with Gasteiger partial charge in [-0.1, -0.05) is 19.1 Å². The Morgan fingerprint density at radius 2 is 1.81 bits per heavy atom. The van der Waals surface area contributed by atoms with E-state index >= 15 is 0 Å². The van der Waals surface area contributed by atoms with Gasteiger partial charge < -0.3 is 9.84 Å². The molecular weight excluding hydrogens is 292 g/mol. The second-order valence-electron chi connectivity index (χ2n) is 5.16. The van der Waals surface area contributed by atoms with E-state index in [4.69, 9.17) is 4.74 Å². The molecule has 118 valence electrons. The van der Waals surface area contributed by atoms with Gasteiger partial charge in [0, 0.05) is 6.26 Å². The van der Waals surface area contributed by atoms with Crippen LogP contribution in [0.5, 0.6) is 0 Å². The van der Waals surface area contributed by atoms with Crippen LogP contribution in [0.2, 0.25) is 0 Å². The highest BCUT2D eigenvalue weighted by Crippen LogP contribution is 2.33. The molecule has 6 heteroatoms. The molecule has 5 nitrogen and oxygen atoms in total. The van der Waals surface area contributed by atoms with Gasteiger partial charge in [-0.05, 0) is 38.0 Å². The number of hydrogen-bond acceptors (Lipinski definition) is 5. The molecule has 0 saturated carbocycles. The van der Waals surface area contributed by atoms with E-state index in [1.807, 2.05) is 0 Å². The first-order valence-corrected chi connectivity index (χ1v) is 8.73. The minimum Gasteiger partial charge on any atom is -0.466 e. The van der Waals surface area contributed by atoms with Crippen LogP contribution < -0.4 is 0 Å². The summed E-state index contributed by atoms with van der Waals surface area (Å²) in [5.41, 5.74) is -0.938. The molecule has 0 heterocycles. The minimum atomic E-state index is -3.29. The zero-order valence-electron chi connectivity index (χ0n) is 12.8. The number of ether oxygens (including phenoxy) is 1. The molecule has 1 aromatic carbocycles. The topological polar surface area (TPSA) is 80.7 Å². The van der Waals surface area contributed by atoms with Gasteiger partial charge in [-0.25, -0.2) is 8.42 Å². The quantitative estimate of drug-likeness (QED) is 0.811. The van der Waals surface area contributed by atoms with Gasteiger partial charge in [0.1, 0.15) is 5.60 Å². The average Bonchev–Trinajstić information content (AvgIpc) is 2.38. The minimum absolute atomic E-state index is 0.172. The molecule has 1 rings (SSSR count). The number of rotatable bonds is 6. The number of carbonyl (C=O) groups excluding carboxylic acids is 1. The first-order valence-electron chi connectivity index (χ1n) is 6.84. The van der Waals surface area contributed by atoms with Crippen molar-refractivity contribution in [2.24, 2.45) is 5.92 Å². The standard InChI is InChI=1S/C15H22O5S/c1-5-13(14(16)20-6-2)15(3,17)11-7-9-12(10-8-11)21(4,18)19/h7-10,13,17H,5-6H2,1-4H3. The zero-order chi connectivity index (χ0) is 16.3. The Morgan fingerprint density at radius 3 is 2.19 bits per heavy atom. The maximum absolute atomic E-state index is 11.9. The van der Waals surface area contributed by atoms with E-state index in [1.165, 1.54) is 31.2 Å². The molecule has 0 aliphatic heterocycles. The summed E-state index contributed by atoms with van der Waals surface area (Å²) in [7, 11) is -3.29. The van der Waals surface area contributed by atoms with Crippen LogP contribution in [0.25, 0.3) is 0 Å². The van der Waals surface area contributed by atoms with Gasteiger partial charge >= 0.3 is 5.97 Å². The first kappa shape index (κ1) is 17.7. The molecule has 0 aromatic heterocycles. The van der Waals surface area contributed by atoms with Crippen molar-refractivity contribution in [3.05, 3.63) is 29.8 Å². The van der Waals surface area contributed by atoms with Crippen molar-refractivity contribution in [2.75, 3.05) is 12.9 Å². The van der Waals surface area contributed by atoms with Crippen molar-refractivity contribution in [3.63, 3.8) is 0 Å². The normalized spacial score (nSPS) is 16.0. The van der Waals surface area contributed by atoms with E-state index in [9.17, 15) is 18.3 Å². The fraction of sp³-hybridized carbons (Fsp3) is 0.533. The second kappa shape index (κ2) is 6.58. The molecule has 2 atom stereocenters. The Kier molecular flexibility index (Phi) is 5.53. The highest BCUT2D eigenvalue weighted by Gasteiger charge is 2.38. The van der Waals surface area contributed by atoms with Crippen molar-refractivity contribution in [2.45, 2.75) is 37.7 Å². The lowest BCUT2D eigenvalue weighted by Gasteiger charge is -2.31. The molecule has 0 radical (unpaired) electrons. The largest absolute Gasteiger partial charge is 0.466 e. The van der Waals surface area contributed by atoms with Gasteiger partial charge in [-0.15, -0.1) is 0 Å². The van der Waals surface area contributed by atoms with Crippen LogP contribution in [0.4, 0.5) is 0 Å². The molecular formula is C15H22O5S. The fourth-order valence-electron chi connectivity index (χ4n) is 2.28. The smallest absolute Gasteiger partial charge is 0.312 e. The molecule has 0 aliphatic carbocycles. The Balaban J connectivity index is 3.14. The highest BCUT2D eigenvalue weighted by molar-refractivity contribution is 7.90. The summed E-state index contributed by atoms with van der Waals surface area (Å²) in [5.74, 6) is -1.17. The Hall–Kier alpha value is -1.40. The third-order valence-corrected chi connectivity index (χ3v) is 4.65. The van der Waals surface area contributed by atoms with Crippen LogP contribution in [-0.2, 0) is 25.0 Å². The van der Waals surface area contributed by atoms with Crippen LogP contribution >= 0.6 is 0 Å². The third kappa shape index (κ3) is 4.04. The van der Waals surface area contributed by atoms with E-state index < -0.39 is 27.3 Å². The van der Waals surface area contributed by atoms with E-state index in [2.05, 4.69) is 0 Å². The summed E-state index contributed by atoms with van der Waals surface area (Å²) in [6.07, 6.45) is 1.53. The lowest BCUT2D eigenvalue weighted by atomic mass is 9.81. The predicted octanol–water partition coefficient (Wildman–Crippen LogP) is 1.89. The van der Waals surface area contributed by atoms with Gasteiger partial charge in [0.25, 0.3) is 0 Å². The Morgan fingerprint density at radius 1 is 1.29 bits per heavy atom. The van der Waals surface area contributed by atoms with Crippen molar-refractivity contribution < 1.29 is 23.1 Å². The van der Waals surface area contributed by atoms with Gasteiger partial charge in [0.05, 0.1) is 17.4 Å². The monoisotopic (exact) mass is 314 g/mol. The van der Waals surface area contributed by atoms with E-state index in [1.54, 1.807) is 13.8 Å². The number of esters is 1. The molecule has 1 aromatic rings. The third-order valence-electron chi connectivity index (χ3n) is 3.52. The molecule has 21 heavy (non-hydrogen) atoms. The summed E-state index contributed by atoms with van der Waals surface area (Å²) < 4.78 is 27.9. The number of sulfone groups is 1. The van der Waals surface area contributed by atoms with E-state index in [-0.39, 0.29) is 11.5 Å². The van der Waals surface area contributed by atoms with E-state index in [0.29, 0.717) is 12.0 Å². The summed E-state index contributed by atoms with van der Waals surface area (Å²) >= 11 is 0. The van der Waals surface area contributed by atoms with E-state index in [0.717, 1.165) is 6.26 Å². The van der Waals surface area contributed by atoms with Crippen molar-refractivity contribution >= 4 is 15.8 Å². The van der Waals surface area contributed by atoms with Gasteiger partial charge in [0.2, 0.25) is 0 Å². The molecule has 0 bridgehead atoms. The maximum atomic E-state index is 11.9. The highest BCUT2D eigenvalue weighted by atomic mass is 32.2. The summed E-state index contributed by atoms with van der Waals surface area (Å²) in [4.78, 5) is 12.1. The first-order chi connectivity index (χ1) is 9.64. The van der Waals surface area contributed by atoms with Gasteiger partial charge in [-0.3, -0.25) is 4.79 Å². The molecule has 0 fully saturated rings. The predicted molar refractivity (Wildman–Crippen MR) is 79.5 cm³/mol. The number of carbonyl (C=O) groups is 1. The van der Waals surface area contributed by atoms with Crippen molar-refractivity contribution in [3.8, 4) is 0 Å². The average molecular weight is 314 g/mol. The lowest BCUT2D eigenvalue weighted by molar-refractivity contribution is -0.158. The molecule has 0 aliphatic rings. The molecule has 0 spiro atoms. The summed E-state index contributed by atoms with van der Waals surface area (Å²) in [6.45, 7) is 5.28. The van der Waals surface area contributed by atoms with Crippen molar-refractivity contribution in [1.82, 2.24) is 0 Å². The number of aliphatic hydroxyl groups is 1. The Labute approximate surface area is 125 Å². The van der Waals surface area contributed by atoms with Crippen LogP contribution in [0, 0.1) is 5.92 Å². The fourth-order valence-corrected chi connectivity index (χ4v) is 2.91. The summed E-state index contributed by atoms with van der Waals surface area (Å²) in [5, 5.41) is 10.7. The SMILES string of the molecule is CCOC(=O)C(CC)C(C)(O)c1ccc(S(C)(=O)=O)cc1. The molecule has 0 amide bonds. The molecule has 0 saturated heterocycles. The maximum Gasteiger partial charge on any atom is 0.312 e. The lowest BCUT2D eigenvalue weighted by Crippen LogP contribution is -2.38. The summed E-state index contributed by atoms with van der Waals surface area (Å²) in [6, 6.07) is 5.91. The Bertz CT molecular complexity index is 587. The van der Waals surface area contributed by atoms with Crippen LogP contribution in [0.1, 0.15) is 32.8 Å². The zero-order valence-corrected chi connectivity index (χ0v) is 13.6. The van der Waals surface area contributed by atoms with Gasteiger partial charge in [-0.2, -0.15) is 0 Å².